The number of hydrogen-bond donors (Lipinski definition) is 2. The summed E-state index contributed by atoms with van der Waals surface area (Å²) in [4.78, 5) is 30.6. The highest BCUT2D eigenvalue weighted by molar-refractivity contribution is 5.93. The van der Waals surface area contributed by atoms with Crippen LogP contribution < -0.4 is 5.32 Å². The normalized spacial score (nSPS) is 13.9. The number of fused-ring (bicyclic) bond motifs is 1. The van der Waals surface area contributed by atoms with Gasteiger partial charge in [0.1, 0.15) is 12.0 Å². The van der Waals surface area contributed by atoms with Crippen molar-refractivity contribution < 1.29 is 19.4 Å². The first kappa shape index (κ1) is 29.4. The Morgan fingerprint density at radius 2 is 2.03 bits per heavy atom. The highest BCUT2D eigenvalue weighted by Crippen LogP contribution is 2.20. The topological polar surface area (TPSA) is 122 Å². The van der Waals surface area contributed by atoms with E-state index >= 15 is 0 Å². The van der Waals surface area contributed by atoms with Gasteiger partial charge in [0.15, 0.2) is 5.82 Å². The Labute approximate surface area is 218 Å². The van der Waals surface area contributed by atoms with Gasteiger partial charge in [-0.2, -0.15) is 0 Å². The molecule has 1 aliphatic rings. The highest BCUT2D eigenvalue weighted by atomic mass is 16.6. The van der Waals surface area contributed by atoms with E-state index in [2.05, 4.69) is 40.9 Å². The molecule has 2 amide bonds. The molecule has 0 bridgehead atoms. The maximum atomic E-state index is 12.7. The number of carbonyl (C=O) groups is 2. The first-order chi connectivity index (χ1) is 17.7. The molecule has 0 aromatic carbocycles. The van der Waals surface area contributed by atoms with E-state index in [1.807, 2.05) is 19.9 Å². The number of nitrogens with zero attached hydrogens (tertiary/aromatic N) is 5. The van der Waals surface area contributed by atoms with Crippen LogP contribution in [0.3, 0.4) is 0 Å². The van der Waals surface area contributed by atoms with Crippen molar-refractivity contribution in [2.75, 3.05) is 19.8 Å². The molecule has 3 rings (SSSR count). The van der Waals surface area contributed by atoms with E-state index in [0.29, 0.717) is 37.6 Å². The summed E-state index contributed by atoms with van der Waals surface area (Å²) in [6.07, 6.45) is 10.0. The van der Waals surface area contributed by atoms with E-state index in [0.717, 1.165) is 16.7 Å². The summed E-state index contributed by atoms with van der Waals surface area (Å²) in [5.41, 5.74) is 3.37. The van der Waals surface area contributed by atoms with Gasteiger partial charge in [0.2, 0.25) is 0 Å². The number of aliphatic hydroxyl groups excluding tert-OH is 1. The van der Waals surface area contributed by atoms with Gasteiger partial charge >= 0.3 is 6.09 Å². The average molecular weight is 511 g/mol. The number of hydrogen-bond acceptors (Lipinski definition) is 7. The highest BCUT2D eigenvalue weighted by Gasteiger charge is 2.23. The number of aromatic nitrogens is 4. The molecule has 10 nitrogen and oxygen atoms in total. The second-order valence-electron chi connectivity index (χ2n) is 8.70. The van der Waals surface area contributed by atoms with Crippen molar-refractivity contribution in [3.63, 3.8) is 0 Å². The van der Waals surface area contributed by atoms with Crippen LogP contribution in [0.4, 0.5) is 4.79 Å². The van der Waals surface area contributed by atoms with E-state index in [-0.39, 0.29) is 30.3 Å². The summed E-state index contributed by atoms with van der Waals surface area (Å²) >= 11 is 0. The standard InChI is InChI=1S/C24H30N6O4.C3H8/c1-5-34-24(33)29-10-9-19-12-25-21(11-20(19)13-29)23(32)27-17(3)8-6-7-16(2)22-28-26-15-30(22)18(4)14-31;1-3-2/h6-8,11-12,15,18,31H,3,5,9-10,13-14H2,1-2,4H3,(H,27,32);3H2,1-2H3/b8-6-,16-7+;. The molecule has 10 heteroatoms. The summed E-state index contributed by atoms with van der Waals surface area (Å²) in [5.74, 6) is 0.263. The number of pyridine rings is 1. The summed E-state index contributed by atoms with van der Waals surface area (Å²) in [6.45, 7) is 14.9. The Bertz CT molecular complexity index is 1140. The first-order valence-corrected chi connectivity index (χ1v) is 12.5. The average Bonchev–Trinajstić information content (AvgIpc) is 3.38. The molecule has 0 saturated heterocycles. The number of ether oxygens (including phenoxy) is 1. The zero-order valence-corrected chi connectivity index (χ0v) is 22.4. The second-order valence-corrected chi connectivity index (χ2v) is 8.70. The Balaban J connectivity index is 0.00000153. The fourth-order valence-corrected chi connectivity index (χ4v) is 3.50. The summed E-state index contributed by atoms with van der Waals surface area (Å²) in [7, 11) is 0. The lowest BCUT2D eigenvalue weighted by Gasteiger charge is -2.28. The van der Waals surface area contributed by atoms with E-state index in [9.17, 15) is 14.7 Å². The summed E-state index contributed by atoms with van der Waals surface area (Å²) in [5, 5.41) is 20.1. The lowest BCUT2D eigenvalue weighted by Crippen LogP contribution is -2.36. The van der Waals surface area contributed by atoms with Crippen LogP contribution in [-0.2, 0) is 17.7 Å². The largest absolute Gasteiger partial charge is 0.450 e. The van der Waals surface area contributed by atoms with Crippen LogP contribution in [0, 0.1) is 0 Å². The van der Waals surface area contributed by atoms with Gasteiger partial charge in [-0.3, -0.25) is 9.78 Å². The van der Waals surface area contributed by atoms with Gasteiger partial charge in [-0.15, -0.1) is 10.2 Å². The quantitative estimate of drug-likeness (QED) is 0.514. The van der Waals surface area contributed by atoms with Crippen molar-refractivity contribution in [2.45, 2.75) is 60.0 Å². The van der Waals surface area contributed by atoms with E-state index in [4.69, 9.17) is 4.74 Å². The number of carbonyl (C=O) groups excluding carboxylic acids is 2. The molecule has 1 atom stereocenters. The van der Waals surface area contributed by atoms with E-state index in [1.54, 1.807) is 47.1 Å². The zero-order valence-electron chi connectivity index (χ0n) is 22.4. The lowest BCUT2D eigenvalue weighted by atomic mass is 10.0. The van der Waals surface area contributed by atoms with Crippen molar-refractivity contribution in [1.29, 1.82) is 0 Å². The van der Waals surface area contributed by atoms with E-state index < -0.39 is 0 Å². The minimum Gasteiger partial charge on any atom is -0.450 e. The fourth-order valence-electron chi connectivity index (χ4n) is 3.50. The third kappa shape index (κ3) is 8.38. The molecule has 37 heavy (non-hydrogen) atoms. The third-order valence-electron chi connectivity index (χ3n) is 5.44. The summed E-state index contributed by atoms with van der Waals surface area (Å²) in [6, 6.07) is 1.56. The predicted octanol–water partition coefficient (Wildman–Crippen LogP) is 4.06. The molecule has 0 aliphatic carbocycles. The maximum Gasteiger partial charge on any atom is 0.410 e. The van der Waals surface area contributed by atoms with Crippen LogP contribution in [0.25, 0.3) is 5.57 Å². The molecule has 0 saturated carbocycles. The Morgan fingerprint density at radius 3 is 2.70 bits per heavy atom. The van der Waals surface area contributed by atoms with Crippen molar-refractivity contribution in [3.8, 4) is 0 Å². The molecule has 2 aromatic heterocycles. The molecule has 0 spiro atoms. The molecular formula is C27H38N6O4. The molecule has 3 heterocycles. The fraction of sp³-hybridized carbons (Fsp3) is 0.444. The molecule has 1 aliphatic heterocycles. The van der Waals surface area contributed by atoms with Crippen molar-refractivity contribution in [2.24, 2.45) is 0 Å². The molecule has 0 radical (unpaired) electrons. The molecule has 2 N–H and O–H groups in total. The maximum absolute atomic E-state index is 12.7. The van der Waals surface area contributed by atoms with Gasteiger partial charge in [0.05, 0.1) is 19.3 Å². The number of rotatable bonds is 8. The monoisotopic (exact) mass is 510 g/mol. The van der Waals surface area contributed by atoms with Crippen LogP contribution in [0.15, 0.2) is 49.1 Å². The van der Waals surface area contributed by atoms with Crippen LogP contribution in [0.2, 0.25) is 0 Å². The molecule has 0 fully saturated rings. The zero-order chi connectivity index (χ0) is 27.4. The smallest absolute Gasteiger partial charge is 0.410 e. The van der Waals surface area contributed by atoms with Gasteiger partial charge in [-0.1, -0.05) is 39.0 Å². The number of amides is 2. The summed E-state index contributed by atoms with van der Waals surface area (Å²) < 4.78 is 6.87. The third-order valence-corrected chi connectivity index (χ3v) is 5.44. The predicted molar refractivity (Wildman–Crippen MR) is 143 cm³/mol. The second kappa shape index (κ2) is 14.7. The van der Waals surface area contributed by atoms with Crippen LogP contribution in [-0.4, -0.2) is 61.5 Å². The van der Waals surface area contributed by atoms with Crippen LogP contribution >= 0.6 is 0 Å². The Kier molecular flexibility index (Phi) is 11.7. The van der Waals surface area contributed by atoms with Crippen molar-refractivity contribution in [1.82, 2.24) is 30.0 Å². The van der Waals surface area contributed by atoms with Crippen molar-refractivity contribution in [3.05, 3.63) is 71.7 Å². The van der Waals surface area contributed by atoms with Crippen molar-refractivity contribution >= 4 is 17.6 Å². The molecule has 1 unspecified atom stereocenters. The van der Waals surface area contributed by atoms with Gasteiger partial charge in [0, 0.05) is 25.0 Å². The number of nitrogens with one attached hydrogen (secondary N) is 1. The minimum absolute atomic E-state index is 0.0193. The van der Waals surface area contributed by atoms with Crippen LogP contribution in [0.5, 0.6) is 0 Å². The molecule has 200 valence electrons. The van der Waals surface area contributed by atoms with E-state index in [1.165, 1.54) is 6.42 Å². The SMILES string of the molecule is C=C(/C=C\C=C(/C)c1nncn1C(C)CO)NC(=O)c1cc2c(cn1)CCN(C(=O)OCC)C2.CCC. The van der Waals surface area contributed by atoms with Crippen LogP contribution in [0.1, 0.15) is 74.5 Å². The molecule has 2 aromatic rings. The minimum atomic E-state index is -0.386. The first-order valence-electron chi connectivity index (χ1n) is 12.5. The Hall–Kier alpha value is -3.79. The lowest BCUT2D eigenvalue weighted by molar-refractivity contribution is 0.0962. The van der Waals surface area contributed by atoms with Gasteiger partial charge in [-0.05, 0) is 56.0 Å². The molecular weight excluding hydrogens is 472 g/mol. The number of aliphatic hydroxyl groups is 1. The van der Waals surface area contributed by atoms with Gasteiger partial charge < -0.3 is 24.6 Å². The van der Waals surface area contributed by atoms with Gasteiger partial charge in [0.25, 0.3) is 5.91 Å². The van der Waals surface area contributed by atoms with Gasteiger partial charge in [-0.25, -0.2) is 4.79 Å². The Morgan fingerprint density at radius 1 is 1.30 bits per heavy atom. The number of allylic oxidation sites excluding steroid dienone is 4.